The van der Waals surface area contributed by atoms with Gasteiger partial charge < -0.3 is 9.30 Å². The van der Waals surface area contributed by atoms with Crippen LogP contribution in [0.3, 0.4) is 0 Å². The number of amides is 1. The van der Waals surface area contributed by atoms with E-state index in [-0.39, 0.29) is 16.2 Å². The third-order valence-corrected chi connectivity index (χ3v) is 4.76. The highest BCUT2D eigenvalue weighted by molar-refractivity contribution is 7.89. The van der Waals surface area contributed by atoms with Gasteiger partial charge in [0.1, 0.15) is 5.69 Å². The van der Waals surface area contributed by atoms with Crippen molar-refractivity contribution in [2.75, 3.05) is 7.11 Å². The lowest BCUT2D eigenvalue weighted by Crippen LogP contribution is -2.42. The molecule has 2 aromatic rings. The van der Waals surface area contributed by atoms with Crippen LogP contribution in [0, 0.1) is 6.92 Å². The Morgan fingerprint density at radius 2 is 1.92 bits per heavy atom. The largest absolute Gasteiger partial charge is 0.465 e. The standard InChI is InChI=1S/C15H17N3O5S/c1-10-6-7-11(15(20)23-3)9-13(10)24(21,22)17-16-14(19)12-5-4-8-18(12)2/h4-9,17H,1-3H3,(H,16,19). The molecule has 0 fully saturated rings. The molecule has 128 valence electrons. The Labute approximate surface area is 139 Å². The Morgan fingerprint density at radius 3 is 2.50 bits per heavy atom. The molecule has 2 rings (SSSR count). The monoisotopic (exact) mass is 351 g/mol. The number of sulfonamides is 1. The van der Waals surface area contributed by atoms with Gasteiger partial charge in [0.05, 0.1) is 17.6 Å². The molecule has 24 heavy (non-hydrogen) atoms. The number of nitrogens with zero attached hydrogens (tertiary/aromatic N) is 1. The number of methoxy groups -OCH3 is 1. The SMILES string of the molecule is COC(=O)c1ccc(C)c(S(=O)(=O)NNC(=O)c2cccn2C)c1. The summed E-state index contributed by atoms with van der Waals surface area (Å²) in [6.45, 7) is 1.58. The summed E-state index contributed by atoms with van der Waals surface area (Å²) in [4.78, 5) is 25.4. The Hall–Kier alpha value is -2.65. The summed E-state index contributed by atoms with van der Waals surface area (Å²) < 4.78 is 30.9. The van der Waals surface area contributed by atoms with Crippen molar-refractivity contribution < 1.29 is 22.7 Å². The van der Waals surface area contributed by atoms with Gasteiger partial charge in [-0.05, 0) is 36.8 Å². The Morgan fingerprint density at radius 1 is 1.21 bits per heavy atom. The second-order valence-electron chi connectivity index (χ2n) is 5.04. The molecule has 0 bridgehead atoms. The third kappa shape index (κ3) is 3.63. The number of esters is 1. The number of aryl methyl sites for hydroxylation is 2. The van der Waals surface area contributed by atoms with Crippen LogP contribution in [-0.4, -0.2) is 32.0 Å². The minimum absolute atomic E-state index is 0.0947. The number of aromatic nitrogens is 1. The molecule has 0 aliphatic rings. The second-order valence-corrected chi connectivity index (χ2v) is 6.69. The number of ether oxygens (including phenoxy) is 1. The van der Waals surface area contributed by atoms with E-state index in [4.69, 9.17) is 0 Å². The minimum Gasteiger partial charge on any atom is -0.465 e. The first-order valence-electron chi connectivity index (χ1n) is 6.88. The van der Waals surface area contributed by atoms with Crippen molar-refractivity contribution in [1.82, 2.24) is 14.8 Å². The molecular formula is C15H17N3O5S. The lowest BCUT2D eigenvalue weighted by atomic mass is 10.1. The van der Waals surface area contributed by atoms with Crippen LogP contribution < -0.4 is 10.3 Å². The molecule has 1 aromatic carbocycles. The van der Waals surface area contributed by atoms with Gasteiger partial charge in [0, 0.05) is 13.2 Å². The number of nitrogens with one attached hydrogen (secondary N) is 2. The van der Waals surface area contributed by atoms with Gasteiger partial charge in [0.25, 0.3) is 15.9 Å². The summed E-state index contributed by atoms with van der Waals surface area (Å²) >= 11 is 0. The molecular weight excluding hydrogens is 334 g/mol. The van der Waals surface area contributed by atoms with Crippen LogP contribution >= 0.6 is 0 Å². The molecule has 0 saturated carbocycles. The zero-order chi connectivity index (χ0) is 17.9. The maximum atomic E-state index is 12.4. The molecule has 0 aliphatic carbocycles. The number of carbonyl (C=O) groups excluding carboxylic acids is 2. The summed E-state index contributed by atoms with van der Waals surface area (Å²) in [5, 5.41) is 0. The van der Waals surface area contributed by atoms with Crippen molar-refractivity contribution in [3.8, 4) is 0 Å². The lowest BCUT2D eigenvalue weighted by molar-refractivity contribution is 0.0600. The van der Waals surface area contributed by atoms with Crippen LogP contribution in [0.25, 0.3) is 0 Å². The van der Waals surface area contributed by atoms with Crippen molar-refractivity contribution >= 4 is 21.9 Å². The van der Waals surface area contributed by atoms with Crippen molar-refractivity contribution in [2.45, 2.75) is 11.8 Å². The lowest BCUT2D eigenvalue weighted by Gasteiger charge is -2.12. The molecule has 0 saturated heterocycles. The van der Waals surface area contributed by atoms with Gasteiger partial charge >= 0.3 is 5.97 Å². The molecule has 9 heteroatoms. The second kappa shape index (κ2) is 6.85. The molecule has 0 aliphatic heterocycles. The first-order chi connectivity index (χ1) is 11.3. The summed E-state index contributed by atoms with van der Waals surface area (Å²) in [6.07, 6.45) is 1.66. The van der Waals surface area contributed by atoms with Crippen molar-refractivity contribution in [3.05, 3.63) is 53.3 Å². The Bertz CT molecular complexity index is 886. The number of hydrogen-bond donors (Lipinski definition) is 2. The van der Waals surface area contributed by atoms with E-state index in [1.165, 1.54) is 25.3 Å². The molecule has 1 heterocycles. The highest BCUT2D eigenvalue weighted by atomic mass is 32.2. The maximum absolute atomic E-state index is 12.4. The summed E-state index contributed by atoms with van der Waals surface area (Å²) in [5.74, 6) is -1.26. The zero-order valence-electron chi connectivity index (χ0n) is 13.4. The molecule has 8 nitrogen and oxygen atoms in total. The van der Waals surface area contributed by atoms with E-state index in [9.17, 15) is 18.0 Å². The normalized spacial score (nSPS) is 11.1. The summed E-state index contributed by atoms with van der Waals surface area (Å²) in [7, 11) is -1.19. The van der Waals surface area contributed by atoms with Gasteiger partial charge in [-0.25, -0.2) is 13.2 Å². The van der Waals surface area contributed by atoms with Crippen LogP contribution in [-0.2, 0) is 21.8 Å². The van der Waals surface area contributed by atoms with E-state index in [0.29, 0.717) is 5.56 Å². The van der Waals surface area contributed by atoms with Crippen molar-refractivity contribution in [2.24, 2.45) is 7.05 Å². The Balaban J connectivity index is 2.23. The van der Waals surface area contributed by atoms with Crippen LogP contribution in [0.4, 0.5) is 0 Å². The number of carbonyl (C=O) groups is 2. The third-order valence-electron chi connectivity index (χ3n) is 3.37. The summed E-state index contributed by atoms with van der Waals surface area (Å²) in [5.41, 5.74) is 2.94. The van der Waals surface area contributed by atoms with Gasteiger partial charge in [-0.15, -0.1) is 4.83 Å². The van der Waals surface area contributed by atoms with E-state index in [1.807, 2.05) is 4.83 Å². The fraction of sp³-hybridized carbons (Fsp3) is 0.200. The first-order valence-corrected chi connectivity index (χ1v) is 8.37. The van der Waals surface area contributed by atoms with E-state index in [1.54, 1.807) is 36.9 Å². The van der Waals surface area contributed by atoms with Crippen LogP contribution in [0.15, 0.2) is 41.4 Å². The van der Waals surface area contributed by atoms with Crippen LogP contribution in [0.5, 0.6) is 0 Å². The fourth-order valence-electron chi connectivity index (χ4n) is 2.06. The van der Waals surface area contributed by atoms with Crippen LogP contribution in [0.1, 0.15) is 26.4 Å². The van der Waals surface area contributed by atoms with E-state index < -0.39 is 21.9 Å². The molecule has 1 amide bonds. The van der Waals surface area contributed by atoms with Gasteiger partial charge in [-0.3, -0.25) is 10.2 Å². The average molecular weight is 351 g/mol. The minimum atomic E-state index is -4.05. The molecule has 0 spiro atoms. The van der Waals surface area contributed by atoms with E-state index >= 15 is 0 Å². The van der Waals surface area contributed by atoms with Gasteiger partial charge in [0.15, 0.2) is 0 Å². The van der Waals surface area contributed by atoms with Gasteiger partial charge in [-0.2, -0.15) is 0 Å². The van der Waals surface area contributed by atoms with Gasteiger partial charge in [0.2, 0.25) is 0 Å². The van der Waals surface area contributed by atoms with Crippen molar-refractivity contribution in [3.63, 3.8) is 0 Å². The number of hydrazine groups is 1. The highest BCUT2D eigenvalue weighted by Crippen LogP contribution is 2.17. The molecule has 2 N–H and O–H groups in total. The van der Waals surface area contributed by atoms with E-state index in [0.717, 1.165) is 0 Å². The van der Waals surface area contributed by atoms with Gasteiger partial charge in [-0.1, -0.05) is 6.07 Å². The number of rotatable bonds is 5. The smallest absolute Gasteiger partial charge is 0.337 e. The molecule has 1 aromatic heterocycles. The Kier molecular flexibility index (Phi) is 5.05. The topological polar surface area (TPSA) is 106 Å². The van der Waals surface area contributed by atoms with E-state index in [2.05, 4.69) is 10.2 Å². The van der Waals surface area contributed by atoms with Crippen LogP contribution in [0.2, 0.25) is 0 Å². The number of hydrogen-bond acceptors (Lipinski definition) is 5. The molecule has 0 radical (unpaired) electrons. The first kappa shape index (κ1) is 17.7. The number of benzene rings is 1. The molecule has 0 unspecified atom stereocenters. The zero-order valence-corrected chi connectivity index (χ0v) is 14.2. The quantitative estimate of drug-likeness (QED) is 0.610. The predicted molar refractivity (Wildman–Crippen MR) is 85.7 cm³/mol. The van der Waals surface area contributed by atoms with Crippen molar-refractivity contribution in [1.29, 1.82) is 0 Å². The maximum Gasteiger partial charge on any atom is 0.337 e. The molecule has 0 atom stereocenters. The summed E-state index contributed by atoms with van der Waals surface area (Å²) in [6, 6.07) is 7.35. The fourth-order valence-corrected chi connectivity index (χ4v) is 3.18. The predicted octanol–water partition coefficient (Wildman–Crippen LogP) is 0.743. The average Bonchev–Trinajstić information content (AvgIpc) is 2.98. The highest BCUT2D eigenvalue weighted by Gasteiger charge is 2.21.